The lowest BCUT2D eigenvalue weighted by molar-refractivity contribution is -0.187. The highest BCUT2D eigenvalue weighted by Crippen LogP contribution is 2.20. The van der Waals surface area contributed by atoms with E-state index < -0.39 is 37.1 Å². The molecule has 0 aliphatic carbocycles. The first-order valence-corrected chi connectivity index (χ1v) is 38.0. The highest BCUT2D eigenvalue weighted by atomic mass is 19.4. The second-order valence-corrected chi connectivity index (χ2v) is 26.5. The first-order valence-electron chi connectivity index (χ1n) is 38.0. The number of hydrogen-bond acceptors (Lipinski definition) is 13. The topological polar surface area (TPSA) is 173 Å². The second kappa shape index (κ2) is 71.3. The average Bonchev–Trinajstić information content (AvgIpc) is 2.58. The average molecular weight is 1340 g/mol. The van der Waals surface area contributed by atoms with Crippen LogP contribution in [0.25, 0.3) is 0 Å². The zero-order chi connectivity index (χ0) is 69.7. The molecule has 0 radical (unpaired) electrons. The predicted octanol–water partition coefficient (Wildman–Crippen LogP) is 18.7. The third-order valence-electron chi connectivity index (χ3n) is 16.4. The minimum Gasteiger partial charge on any atom is -0.464 e. The molecule has 0 bridgehead atoms. The predicted molar refractivity (Wildman–Crippen MR) is 376 cm³/mol. The molecule has 0 saturated heterocycles. The van der Waals surface area contributed by atoms with Gasteiger partial charge in [-0.25, -0.2) is 0 Å². The molecule has 1 unspecified atom stereocenters. The summed E-state index contributed by atoms with van der Waals surface area (Å²) in [5.41, 5.74) is 0. The number of rotatable bonds is 64. The van der Waals surface area contributed by atoms with Crippen LogP contribution in [0.5, 0.6) is 0 Å². The summed E-state index contributed by atoms with van der Waals surface area (Å²) in [5.74, 6) is -3.45. The van der Waals surface area contributed by atoms with Gasteiger partial charge in [0, 0.05) is 32.2 Å². The highest BCUT2D eigenvalue weighted by Gasteiger charge is 2.42. The van der Waals surface area contributed by atoms with Crippen LogP contribution in [0.1, 0.15) is 343 Å². The Morgan fingerprint density at radius 1 is 0.333 bits per heavy atom. The number of halogens is 3. The number of esters is 4. The SMILES string of the molecule is CC(O)CN(C)C.CCCCCCCCCCCCCC(=O)OCCN(CCOC(=O)CCCCCCCCCCCCC)C(=O)C(F)(F)F.CCCCCCCCCCCCCC(=O)OCCN(CCOC(=O)CCCCCCCCCCCCC)C(=O)CN(C)C. The number of hydrogen-bond donors (Lipinski definition) is 1. The van der Waals surface area contributed by atoms with Crippen molar-refractivity contribution in [2.24, 2.45) is 0 Å². The first-order chi connectivity index (χ1) is 44.7. The Bertz CT molecular complexity index is 1600. The molecule has 2 amide bonds. The van der Waals surface area contributed by atoms with Crippen molar-refractivity contribution in [3.05, 3.63) is 0 Å². The standard InChI is InChI=1S/C36H70N2O5.C34H62F3NO5.C5H13NO/c1-5-7-9-11-13-15-17-19-21-23-25-27-35(40)42-31-29-38(34(39)33-37(3)4)30-32-43-36(41)28-26-24-22-20-18-16-14-12-10-8-6-2;1-3-5-7-9-11-13-15-17-19-21-23-25-31(39)42-29-27-38(33(41)34(35,36)37)28-30-43-32(40)26-24-22-20-18-16-14-12-10-8-6-4-2;1-5(7)4-6(2)3/h5-33H2,1-4H3;3-30H2,1-2H3;5,7H,4H2,1-3H3. The summed E-state index contributed by atoms with van der Waals surface area (Å²) in [5, 5.41) is 8.68. The van der Waals surface area contributed by atoms with Crippen LogP contribution >= 0.6 is 0 Å². The van der Waals surface area contributed by atoms with Crippen molar-refractivity contribution in [2.45, 2.75) is 355 Å². The smallest absolute Gasteiger partial charge is 0.464 e. The largest absolute Gasteiger partial charge is 0.471 e. The lowest BCUT2D eigenvalue weighted by atomic mass is 10.1. The van der Waals surface area contributed by atoms with Crippen molar-refractivity contribution < 1.29 is 66.0 Å². The summed E-state index contributed by atoms with van der Waals surface area (Å²) in [6, 6.07) is 0. The van der Waals surface area contributed by atoms with Gasteiger partial charge < -0.3 is 43.7 Å². The zero-order valence-electron chi connectivity index (χ0n) is 61.5. The van der Waals surface area contributed by atoms with E-state index in [1.54, 1.807) is 11.8 Å². The van der Waals surface area contributed by atoms with Crippen molar-refractivity contribution in [1.82, 2.24) is 19.6 Å². The third kappa shape index (κ3) is 74.1. The van der Waals surface area contributed by atoms with Gasteiger partial charge in [0.1, 0.15) is 26.4 Å². The number of amides is 2. The van der Waals surface area contributed by atoms with E-state index in [4.69, 9.17) is 24.1 Å². The summed E-state index contributed by atoms with van der Waals surface area (Å²) >= 11 is 0. The molecular formula is C75H145F3N4O11. The van der Waals surface area contributed by atoms with Crippen molar-refractivity contribution in [3.8, 4) is 0 Å². The molecule has 0 rings (SSSR count). The Hall–Kier alpha value is -3.51. The van der Waals surface area contributed by atoms with E-state index in [1.807, 2.05) is 38.0 Å². The molecular weight excluding hydrogens is 1190 g/mol. The number of aliphatic hydroxyl groups excluding tert-OH is 1. The van der Waals surface area contributed by atoms with Crippen LogP contribution in [-0.4, -0.2) is 167 Å². The zero-order valence-corrected chi connectivity index (χ0v) is 61.5. The number of unbranched alkanes of at least 4 members (excludes halogenated alkanes) is 40. The fourth-order valence-electron chi connectivity index (χ4n) is 10.9. The molecule has 15 nitrogen and oxygen atoms in total. The Morgan fingerprint density at radius 3 is 0.710 bits per heavy atom. The van der Waals surface area contributed by atoms with Gasteiger partial charge in [0.25, 0.3) is 0 Å². The third-order valence-corrected chi connectivity index (χ3v) is 16.4. The summed E-state index contributed by atoms with van der Waals surface area (Å²) < 4.78 is 60.1. The van der Waals surface area contributed by atoms with Gasteiger partial charge in [-0.05, 0) is 60.8 Å². The van der Waals surface area contributed by atoms with E-state index >= 15 is 0 Å². The molecule has 93 heavy (non-hydrogen) atoms. The molecule has 552 valence electrons. The fraction of sp³-hybridized carbons (Fsp3) is 0.920. The number of likely N-dealkylation sites (N-methyl/N-ethyl adjacent to an activating group) is 2. The van der Waals surface area contributed by atoms with Crippen LogP contribution in [0.2, 0.25) is 0 Å². The van der Waals surface area contributed by atoms with E-state index in [1.165, 1.54) is 205 Å². The number of nitrogens with zero attached hydrogens (tertiary/aromatic N) is 4. The van der Waals surface area contributed by atoms with Gasteiger partial charge in [0.2, 0.25) is 5.91 Å². The number of carbonyl (C=O) groups is 6. The van der Waals surface area contributed by atoms with Crippen LogP contribution < -0.4 is 0 Å². The van der Waals surface area contributed by atoms with Gasteiger partial charge >= 0.3 is 36.0 Å². The number of aliphatic hydroxyl groups is 1. The van der Waals surface area contributed by atoms with Gasteiger partial charge in [-0.1, -0.05) is 285 Å². The Balaban J connectivity index is -0.00000157. The maximum Gasteiger partial charge on any atom is 0.471 e. The summed E-state index contributed by atoms with van der Waals surface area (Å²) in [6.07, 6.45) is 48.8. The minimum atomic E-state index is -5.06. The molecule has 0 aromatic carbocycles. The molecule has 0 spiro atoms. The summed E-state index contributed by atoms with van der Waals surface area (Å²) in [4.78, 5) is 78.7. The molecule has 18 heteroatoms. The Kier molecular flexibility index (Phi) is 71.8. The first kappa shape index (κ1) is 93.7. The number of carbonyl (C=O) groups excluding carboxylic acids is 6. The van der Waals surface area contributed by atoms with Gasteiger partial charge in [0.15, 0.2) is 0 Å². The van der Waals surface area contributed by atoms with Crippen molar-refractivity contribution in [1.29, 1.82) is 0 Å². The van der Waals surface area contributed by atoms with Crippen LogP contribution in [0, 0.1) is 0 Å². The van der Waals surface area contributed by atoms with Crippen molar-refractivity contribution >= 4 is 35.7 Å². The lowest BCUT2D eigenvalue weighted by Crippen LogP contribution is -2.44. The number of alkyl halides is 3. The molecule has 1 N–H and O–H groups in total. The Morgan fingerprint density at radius 2 is 0.538 bits per heavy atom. The van der Waals surface area contributed by atoms with Gasteiger partial charge in [0.05, 0.1) is 38.8 Å². The van der Waals surface area contributed by atoms with E-state index in [9.17, 15) is 41.9 Å². The molecule has 0 aromatic heterocycles. The molecule has 0 aromatic rings. The van der Waals surface area contributed by atoms with Gasteiger partial charge in [-0.15, -0.1) is 0 Å². The fourth-order valence-corrected chi connectivity index (χ4v) is 10.9. The van der Waals surface area contributed by atoms with E-state index in [2.05, 4.69) is 27.7 Å². The number of ether oxygens (including phenoxy) is 4. The van der Waals surface area contributed by atoms with Crippen LogP contribution in [0.4, 0.5) is 13.2 Å². The van der Waals surface area contributed by atoms with Crippen LogP contribution in [0.3, 0.4) is 0 Å². The molecule has 0 fully saturated rings. The summed E-state index contributed by atoms with van der Waals surface area (Å²) in [6.45, 7) is 11.2. The van der Waals surface area contributed by atoms with Gasteiger partial charge in [-0.3, -0.25) is 28.8 Å². The lowest BCUT2D eigenvalue weighted by Gasteiger charge is -2.24. The highest BCUT2D eigenvalue weighted by molar-refractivity contribution is 5.82. The van der Waals surface area contributed by atoms with E-state index in [0.29, 0.717) is 43.7 Å². The van der Waals surface area contributed by atoms with Crippen molar-refractivity contribution in [2.75, 3.05) is 93.9 Å². The molecule has 1 atom stereocenters. The van der Waals surface area contributed by atoms with Crippen molar-refractivity contribution in [3.63, 3.8) is 0 Å². The van der Waals surface area contributed by atoms with Crippen LogP contribution in [0.15, 0.2) is 0 Å². The molecule has 0 aliphatic rings. The minimum absolute atomic E-state index is 0.0622. The molecule has 0 saturated carbocycles. The maximum absolute atomic E-state index is 13.0. The monoisotopic (exact) mass is 1340 g/mol. The molecule has 0 aliphatic heterocycles. The Labute approximate surface area is 568 Å². The second-order valence-electron chi connectivity index (χ2n) is 26.5. The molecule has 0 heterocycles. The van der Waals surface area contributed by atoms with E-state index in [-0.39, 0.29) is 69.8 Å². The quantitative estimate of drug-likeness (QED) is 0.0347. The maximum atomic E-state index is 13.0. The summed E-state index contributed by atoms with van der Waals surface area (Å²) in [7, 11) is 7.56. The normalized spacial score (nSPS) is 11.6. The van der Waals surface area contributed by atoms with Gasteiger partial charge in [-0.2, -0.15) is 13.2 Å². The van der Waals surface area contributed by atoms with E-state index in [0.717, 1.165) is 70.8 Å². The van der Waals surface area contributed by atoms with Crippen LogP contribution in [-0.2, 0) is 47.7 Å².